The van der Waals surface area contributed by atoms with Crippen LogP contribution in [0.4, 0.5) is 0 Å². The van der Waals surface area contributed by atoms with Crippen LogP contribution in [-0.4, -0.2) is 24.4 Å². The molecule has 0 amide bonds. The average molecular weight is 265 g/mol. The molecule has 0 aliphatic carbocycles. The van der Waals surface area contributed by atoms with Crippen molar-refractivity contribution >= 4 is 0 Å². The van der Waals surface area contributed by atoms with Crippen LogP contribution in [-0.2, 0) is 0 Å². The summed E-state index contributed by atoms with van der Waals surface area (Å²) in [6.45, 7) is 9.27. The third-order valence-corrected chi connectivity index (χ3v) is 3.15. The molecule has 2 unspecified atom stereocenters. The van der Waals surface area contributed by atoms with Crippen molar-refractivity contribution in [1.29, 1.82) is 0 Å². The van der Waals surface area contributed by atoms with E-state index < -0.39 is 0 Å². The highest BCUT2D eigenvalue weighted by atomic mass is 16.5. The van der Waals surface area contributed by atoms with E-state index in [2.05, 4.69) is 32.2 Å². The predicted octanol–water partition coefficient (Wildman–Crippen LogP) is 3.14. The van der Waals surface area contributed by atoms with Gasteiger partial charge in [-0.15, -0.1) is 0 Å². The van der Waals surface area contributed by atoms with Crippen molar-refractivity contribution in [2.24, 2.45) is 5.92 Å². The molecule has 0 saturated heterocycles. The Morgan fingerprint density at radius 1 is 1.21 bits per heavy atom. The number of para-hydroxylation sites is 1. The molecule has 2 atom stereocenters. The lowest BCUT2D eigenvalue weighted by Crippen LogP contribution is -2.35. The van der Waals surface area contributed by atoms with Crippen molar-refractivity contribution in [1.82, 2.24) is 5.32 Å². The Hall–Kier alpha value is -1.06. The van der Waals surface area contributed by atoms with Crippen LogP contribution in [0.25, 0.3) is 0 Å². The smallest absolute Gasteiger partial charge is 0.124 e. The van der Waals surface area contributed by atoms with Crippen LogP contribution in [0.2, 0.25) is 0 Å². The minimum Gasteiger partial charge on any atom is -0.494 e. The lowest BCUT2D eigenvalue weighted by atomic mass is 10.0. The summed E-state index contributed by atoms with van der Waals surface area (Å²) in [5, 5.41) is 12.9. The van der Waals surface area contributed by atoms with E-state index in [1.165, 1.54) is 0 Å². The van der Waals surface area contributed by atoms with Gasteiger partial charge in [0.1, 0.15) is 5.75 Å². The van der Waals surface area contributed by atoms with E-state index in [0.29, 0.717) is 12.5 Å². The summed E-state index contributed by atoms with van der Waals surface area (Å²) in [4.78, 5) is 0. The molecule has 0 saturated carbocycles. The molecule has 19 heavy (non-hydrogen) atoms. The van der Waals surface area contributed by atoms with Crippen LogP contribution in [0, 0.1) is 5.92 Å². The molecule has 0 aliphatic heterocycles. The Morgan fingerprint density at radius 2 is 1.89 bits per heavy atom. The monoisotopic (exact) mass is 265 g/mol. The third-order valence-electron chi connectivity index (χ3n) is 3.15. The van der Waals surface area contributed by atoms with E-state index in [9.17, 15) is 5.11 Å². The van der Waals surface area contributed by atoms with Gasteiger partial charge >= 0.3 is 0 Å². The molecule has 2 N–H and O–H groups in total. The first-order chi connectivity index (χ1) is 9.08. The molecule has 0 spiro atoms. The van der Waals surface area contributed by atoms with Crippen LogP contribution >= 0.6 is 0 Å². The van der Waals surface area contributed by atoms with E-state index in [0.717, 1.165) is 17.7 Å². The van der Waals surface area contributed by atoms with Gasteiger partial charge in [-0.05, 0) is 32.3 Å². The zero-order valence-electron chi connectivity index (χ0n) is 12.5. The number of hydrogen-bond acceptors (Lipinski definition) is 3. The van der Waals surface area contributed by atoms with Gasteiger partial charge < -0.3 is 15.2 Å². The standard InChI is InChI=1S/C16H27NO2/c1-5-19-16-9-7-6-8-15(16)13(4)17-14(11-18)10-12(2)3/h6-9,12-14,17-18H,5,10-11H2,1-4H3. The first-order valence-corrected chi connectivity index (χ1v) is 7.17. The molecule has 0 bridgehead atoms. The quantitative estimate of drug-likeness (QED) is 0.758. The van der Waals surface area contributed by atoms with Gasteiger partial charge in [0.2, 0.25) is 0 Å². The fourth-order valence-electron chi connectivity index (χ4n) is 2.33. The molecule has 0 fully saturated rings. The maximum absolute atomic E-state index is 9.45. The zero-order valence-corrected chi connectivity index (χ0v) is 12.5. The number of aliphatic hydroxyl groups excluding tert-OH is 1. The normalized spacial score (nSPS) is 14.4. The molecule has 0 aliphatic rings. The van der Waals surface area contributed by atoms with Crippen molar-refractivity contribution in [2.75, 3.05) is 13.2 Å². The predicted molar refractivity (Wildman–Crippen MR) is 79.5 cm³/mol. The molecule has 0 heterocycles. The zero-order chi connectivity index (χ0) is 14.3. The number of ether oxygens (including phenoxy) is 1. The molecule has 3 nitrogen and oxygen atoms in total. The molecule has 1 aromatic carbocycles. The Kier molecular flexibility index (Phi) is 6.89. The Bertz CT molecular complexity index is 366. The van der Waals surface area contributed by atoms with Crippen molar-refractivity contribution in [2.45, 2.75) is 46.2 Å². The SMILES string of the molecule is CCOc1ccccc1C(C)NC(CO)CC(C)C. The fourth-order valence-corrected chi connectivity index (χ4v) is 2.33. The molecular weight excluding hydrogens is 238 g/mol. The molecule has 1 aromatic rings. The van der Waals surface area contributed by atoms with Gasteiger partial charge in [-0.1, -0.05) is 32.0 Å². The first kappa shape index (κ1) is 16.0. The summed E-state index contributed by atoms with van der Waals surface area (Å²) in [5.74, 6) is 1.49. The number of nitrogens with one attached hydrogen (secondary N) is 1. The minimum absolute atomic E-state index is 0.129. The molecule has 3 heteroatoms. The molecule has 1 rings (SSSR count). The molecule has 108 valence electrons. The largest absolute Gasteiger partial charge is 0.494 e. The summed E-state index contributed by atoms with van der Waals surface area (Å²) in [6, 6.07) is 8.37. The van der Waals surface area contributed by atoms with Gasteiger partial charge in [-0.3, -0.25) is 0 Å². The van der Waals surface area contributed by atoms with Gasteiger partial charge in [0.25, 0.3) is 0 Å². The van der Waals surface area contributed by atoms with E-state index in [1.54, 1.807) is 0 Å². The second-order valence-electron chi connectivity index (χ2n) is 5.37. The number of benzene rings is 1. The van der Waals surface area contributed by atoms with Crippen molar-refractivity contribution in [3.8, 4) is 5.75 Å². The minimum atomic E-state index is 0.129. The molecular formula is C16H27NO2. The van der Waals surface area contributed by atoms with Gasteiger partial charge in [0, 0.05) is 17.6 Å². The Morgan fingerprint density at radius 3 is 2.47 bits per heavy atom. The van der Waals surface area contributed by atoms with E-state index in [-0.39, 0.29) is 18.7 Å². The highest BCUT2D eigenvalue weighted by molar-refractivity contribution is 5.35. The summed E-state index contributed by atoms with van der Waals surface area (Å²) >= 11 is 0. The van der Waals surface area contributed by atoms with Gasteiger partial charge in [0.05, 0.1) is 13.2 Å². The van der Waals surface area contributed by atoms with Crippen LogP contribution in [0.3, 0.4) is 0 Å². The number of hydrogen-bond donors (Lipinski definition) is 2. The van der Waals surface area contributed by atoms with Gasteiger partial charge in [0.15, 0.2) is 0 Å². The van der Waals surface area contributed by atoms with Crippen LogP contribution in [0.1, 0.15) is 45.7 Å². The van der Waals surface area contributed by atoms with E-state index >= 15 is 0 Å². The summed E-state index contributed by atoms with van der Waals surface area (Å²) < 4.78 is 5.65. The maximum Gasteiger partial charge on any atom is 0.124 e. The first-order valence-electron chi connectivity index (χ1n) is 7.17. The molecule has 0 radical (unpaired) electrons. The van der Waals surface area contributed by atoms with Gasteiger partial charge in [-0.2, -0.15) is 0 Å². The number of aliphatic hydroxyl groups is 1. The van der Waals surface area contributed by atoms with Crippen molar-refractivity contribution < 1.29 is 9.84 Å². The van der Waals surface area contributed by atoms with Crippen molar-refractivity contribution in [3.63, 3.8) is 0 Å². The fraction of sp³-hybridized carbons (Fsp3) is 0.625. The van der Waals surface area contributed by atoms with E-state index in [4.69, 9.17) is 4.74 Å². The van der Waals surface area contributed by atoms with Crippen molar-refractivity contribution in [3.05, 3.63) is 29.8 Å². The lowest BCUT2D eigenvalue weighted by Gasteiger charge is -2.24. The topological polar surface area (TPSA) is 41.5 Å². The van der Waals surface area contributed by atoms with Gasteiger partial charge in [-0.25, -0.2) is 0 Å². The summed E-state index contributed by atoms with van der Waals surface area (Å²) in [7, 11) is 0. The number of rotatable bonds is 8. The summed E-state index contributed by atoms with van der Waals surface area (Å²) in [6.07, 6.45) is 0.970. The molecule has 0 aromatic heterocycles. The summed E-state index contributed by atoms with van der Waals surface area (Å²) in [5.41, 5.74) is 1.14. The average Bonchev–Trinajstić information content (AvgIpc) is 2.38. The highest BCUT2D eigenvalue weighted by Gasteiger charge is 2.16. The van der Waals surface area contributed by atoms with Crippen LogP contribution < -0.4 is 10.1 Å². The maximum atomic E-state index is 9.45. The highest BCUT2D eigenvalue weighted by Crippen LogP contribution is 2.25. The van der Waals surface area contributed by atoms with Crippen LogP contribution in [0.15, 0.2) is 24.3 Å². The van der Waals surface area contributed by atoms with Crippen LogP contribution in [0.5, 0.6) is 5.75 Å². The lowest BCUT2D eigenvalue weighted by molar-refractivity contribution is 0.214. The Balaban J connectivity index is 2.73. The second-order valence-corrected chi connectivity index (χ2v) is 5.37. The Labute approximate surface area is 117 Å². The third kappa shape index (κ3) is 5.21. The van der Waals surface area contributed by atoms with E-state index in [1.807, 2.05) is 25.1 Å². The second kappa shape index (κ2) is 8.18.